The number of hydrogen-bond acceptors (Lipinski definition) is 2. The number of halogens is 1. The van der Waals surface area contributed by atoms with Gasteiger partial charge in [-0.15, -0.1) is 0 Å². The topological polar surface area (TPSA) is 50.2 Å². The molecule has 1 heterocycles. The Hall–Kier alpha value is -2.75. The number of carboxylic acids is 1. The number of pyridine rings is 1. The highest BCUT2D eigenvalue weighted by atomic mass is 19.1. The van der Waals surface area contributed by atoms with E-state index in [1.807, 2.05) is 24.3 Å². The van der Waals surface area contributed by atoms with E-state index in [1.165, 1.54) is 12.1 Å². The standard InChI is InChI=1S/C17H12FNO2/c1-10-13-7-2-3-8-14(13)15(16(19-10)17(20)21)11-5-4-6-12(18)9-11/h2-9H,1H3,(H,20,21). The zero-order valence-corrected chi connectivity index (χ0v) is 11.3. The Morgan fingerprint density at radius 2 is 1.81 bits per heavy atom. The maximum absolute atomic E-state index is 13.5. The van der Waals surface area contributed by atoms with Crippen molar-refractivity contribution in [3.8, 4) is 11.1 Å². The van der Waals surface area contributed by atoms with Gasteiger partial charge in [0.15, 0.2) is 5.69 Å². The molecular formula is C17H12FNO2. The fourth-order valence-corrected chi connectivity index (χ4v) is 2.52. The maximum Gasteiger partial charge on any atom is 0.355 e. The van der Waals surface area contributed by atoms with Crippen LogP contribution < -0.4 is 0 Å². The van der Waals surface area contributed by atoms with E-state index < -0.39 is 11.8 Å². The summed E-state index contributed by atoms with van der Waals surface area (Å²) >= 11 is 0. The molecule has 21 heavy (non-hydrogen) atoms. The van der Waals surface area contributed by atoms with Gasteiger partial charge >= 0.3 is 5.97 Å². The molecule has 0 amide bonds. The van der Waals surface area contributed by atoms with Crippen molar-refractivity contribution in [2.75, 3.05) is 0 Å². The quantitative estimate of drug-likeness (QED) is 0.771. The molecule has 0 spiro atoms. The summed E-state index contributed by atoms with van der Waals surface area (Å²) < 4.78 is 13.5. The second-order valence-electron chi connectivity index (χ2n) is 4.78. The summed E-state index contributed by atoms with van der Waals surface area (Å²) in [7, 11) is 0. The van der Waals surface area contributed by atoms with Crippen LogP contribution in [0, 0.1) is 12.7 Å². The van der Waals surface area contributed by atoms with Gasteiger partial charge in [-0.05, 0) is 30.0 Å². The third-order valence-electron chi connectivity index (χ3n) is 3.42. The number of aromatic carboxylic acids is 1. The molecule has 0 saturated heterocycles. The third kappa shape index (κ3) is 2.25. The molecule has 0 atom stereocenters. The minimum Gasteiger partial charge on any atom is -0.476 e. The van der Waals surface area contributed by atoms with E-state index in [9.17, 15) is 14.3 Å². The van der Waals surface area contributed by atoms with Gasteiger partial charge in [-0.1, -0.05) is 36.4 Å². The highest BCUT2D eigenvalue weighted by Crippen LogP contribution is 2.32. The molecule has 0 aliphatic carbocycles. The molecule has 0 aliphatic rings. The first-order chi connectivity index (χ1) is 10.1. The zero-order valence-electron chi connectivity index (χ0n) is 11.3. The molecule has 0 radical (unpaired) electrons. The largest absolute Gasteiger partial charge is 0.476 e. The van der Waals surface area contributed by atoms with Gasteiger partial charge in [0, 0.05) is 16.6 Å². The van der Waals surface area contributed by atoms with Crippen molar-refractivity contribution in [3.05, 3.63) is 65.7 Å². The van der Waals surface area contributed by atoms with Crippen molar-refractivity contribution in [3.63, 3.8) is 0 Å². The van der Waals surface area contributed by atoms with Crippen molar-refractivity contribution < 1.29 is 14.3 Å². The summed E-state index contributed by atoms with van der Waals surface area (Å²) in [6, 6.07) is 13.3. The molecule has 104 valence electrons. The van der Waals surface area contributed by atoms with Gasteiger partial charge in [0.1, 0.15) is 5.82 Å². The number of carbonyl (C=O) groups is 1. The Bertz CT molecular complexity index is 859. The van der Waals surface area contributed by atoms with E-state index in [0.29, 0.717) is 16.8 Å². The molecule has 0 fully saturated rings. The molecule has 3 aromatic rings. The summed E-state index contributed by atoms with van der Waals surface area (Å²) in [5.41, 5.74) is 1.54. The number of fused-ring (bicyclic) bond motifs is 1. The first-order valence-corrected chi connectivity index (χ1v) is 6.46. The number of nitrogens with zero attached hydrogens (tertiary/aromatic N) is 1. The molecule has 2 aromatic carbocycles. The van der Waals surface area contributed by atoms with E-state index in [4.69, 9.17) is 0 Å². The fraction of sp³-hybridized carbons (Fsp3) is 0.0588. The van der Waals surface area contributed by atoms with Gasteiger partial charge in [-0.2, -0.15) is 0 Å². The SMILES string of the molecule is Cc1nc(C(=O)O)c(-c2cccc(F)c2)c2ccccc12. The van der Waals surface area contributed by atoms with Crippen LogP contribution in [0.4, 0.5) is 4.39 Å². The molecular weight excluding hydrogens is 269 g/mol. The van der Waals surface area contributed by atoms with Crippen LogP contribution in [-0.2, 0) is 0 Å². The first kappa shape index (κ1) is 13.2. The van der Waals surface area contributed by atoms with Crippen molar-refractivity contribution in [2.24, 2.45) is 0 Å². The van der Waals surface area contributed by atoms with Gasteiger partial charge in [-0.25, -0.2) is 14.2 Å². The van der Waals surface area contributed by atoms with Gasteiger partial charge in [0.25, 0.3) is 0 Å². The first-order valence-electron chi connectivity index (χ1n) is 6.46. The Balaban J connectivity index is 2.46. The number of aromatic nitrogens is 1. The predicted octanol–water partition coefficient (Wildman–Crippen LogP) is 4.05. The summed E-state index contributed by atoms with van der Waals surface area (Å²) in [6.07, 6.45) is 0. The molecule has 0 bridgehead atoms. The van der Waals surface area contributed by atoms with E-state index in [2.05, 4.69) is 4.98 Å². The van der Waals surface area contributed by atoms with Gasteiger partial charge in [-0.3, -0.25) is 0 Å². The van der Waals surface area contributed by atoms with Crippen molar-refractivity contribution in [1.82, 2.24) is 4.98 Å². The number of benzene rings is 2. The van der Waals surface area contributed by atoms with Gasteiger partial charge in [0.05, 0.1) is 0 Å². The van der Waals surface area contributed by atoms with Crippen molar-refractivity contribution >= 4 is 16.7 Å². The summed E-state index contributed by atoms with van der Waals surface area (Å²) in [4.78, 5) is 15.7. The Morgan fingerprint density at radius 3 is 2.48 bits per heavy atom. The lowest BCUT2D eigenvalue weighted by Crippen LogP contribution is -2.06. The van der Waals surface area contributed by atoms with Crippen LogP contribution in [0.2, 0.25) is 0 Å². The Morgan fingerprint density at radius 1 is 1.10 bits per heavy atom. The molecule has 1 N–H and O–H groups in total. The Labute approximate surface area is 120 Å². The molecule has 0 unspecified atom stereocenters. The molecule has 0 aliphatic heterocycles. The van der Waals surface area contributed by atoms with Crippen LogP contribution in [0.5, 0.6) is 0 Å². The van der Waals surface area contributed by atoms with Crippen LogP contribution in [-0.4, -0.2) is 16.1 Å². The van der Waals surface area contributed by atoms with E-state index >= 15 is 0 Å². The number of hydrogen-bond donors (Lipinski definition) is 1. The zero-order chi connectivity index (χ0) is 15.0. The normalized spacial score (nSPS) is 10.8. The number of rotatable bonds is 2. The molecule has 3 rings (SSSR count). The van der Waals surface area contributed by atoms with E-state index in [0.717, 1.165) is 10.8 Å². The lowest BCUT2D eigenvalue weighted by molar-refractivity contribution is 0.0691. The van der Waals surface area contributed by atoms with Crippen molar-refractivity contribution in [2.45, 2.75) is 6.92 Å². The second-order valence-corrected chi connectivity index (χ2v) is 4.78. The molecule has 4 heteroatoms. The third-order valence-corrected chi connectivity index (χ3v) is 3.42. The Kier molecular flexibility index (Phi) is 3.14. The van der Waals surface area contributed by atoms with Crippen LogP contribution in [0.15, 0.2) is 48.5 Å². The molecule has 3 nitrogen and oxygen atoms in total. The van der Waals surface area contributed by atoms with Gasteiger partial charge < -0.3 is 5.11 Å². The van der Waals surface area contributed by atoms with Gasteiger partial charge in [0.2, 0.25) is 0 Å². The minimum absolute atomic E-state index is 0.0585. The average molecular weight is 281 g/mol. The monoisotopic (exact) mass is 281 g/mol. The van der Waals surface area contributed by atoms with Crippen LogP contribution in [0.3, 0.4) is 0 Å². The van der Waals surface area contributed by atoms with E-state index in [1.54, 1.807) is 19.1 Å². The number of carboxylic acid groups (broad SMARTS) is 1. The molecule has 0 saturated carbocycles. The van der Waals surface area contributed by atoms with Crippen LogP contribution in [0.25, 0.3) is 21.9 Å². The highest BCUT2D eigenvalue weighted by Gasteiger charge is 2.18. The summed E-state index contributed by atoms with van der Waals surface area (Å²) in [5.74, 6) is -1.53. The lowest BCUT2D eigenvalue weighted by Gasteiger charge is -2.12. The fourth-order valence-electron chi connectivity index (χ4n) is 2.52. The van der Waals surface area contributed by atoms with E-state index in [-0.39, 0.29) is 5.69 Å². The molecule has 1 aromatic heterocycles. The summed E-state index contributed by atoms with van der Waals surface area (Å²) in [6.45, 7) is 1.77. The second kappa shape index (κ2) is 4.98. The lowest BCUT2D eigenvalue weighted by atomic mass is 9.96. The average Bonchev–Trinajstić information content (AvgIpc) is 2.47. The van der Waals surface area contributed by atoms with Crippen LogP contribution in [0.1, 0.15) is 16.2 Å². The predicted molar refractivity (Wildman–Crippen MR) is 78.8 cm³/mol. The smallest absolute Gasteiger partial charge is 0.355 e. The van der Waals surface area contributed by atoms with Crippen LogP contribution >= 0.6 is 0 Å². The number of aryl methyl sites for hydroxylation is 1. The maximum atomic E-state index is 13.5. The minimum atomic E-state index is -1.12. The highest BCUT2D eigenvalue weighted by molar-refractivity contribution is 6.06. The summed E-state index contributed by atoms with van der Waals surface area (Å²) in [5, 5.41) is 11.0. The van der Waals surface area contributed by atoms with Crippen molar-refractivity contribution in [1.29, 1.82) is 0 Å².